The Morgan fingerprint density at radius 3 is 2.90 bits per heavy atom. The molecule has 0 fully saturated rings. The molecule has 0 N–H and O–H groups in total. The quantitative estimate of drug-likeness (QED) is 0.691. The molecule has 56 valence electrons. The summed E-state index contributed by atoms with van der Waals surface area (Å²) in [5, 5.41) is 4.81. The molecule has 1 heterocycles. The van der Waals surface area contributed by atoms with Gasteiger partial charge in [-0.3, -0.25) is 0 Å². The van der Waals surface area contributed by atoms with Crippen LogP contribution in [-0.4, -0.2) is 10.5 Å². The second-order valence-electron chi connectivity index (χ2n) is 2.42. The summed E-state index contributed by atoms with van der Waals surface area (Å²) in [5.41, 5.74) is 1.02. The Morgan fingerprint density at radius 2 is 2.50 bits per heavy atom. The van der Waals surface area contributed by atoms with Gasteiger partial charge in [-0.1, -0.05) is 28.0 Å². The van der Waals surface area contributed by atoms with Crippen molar-refractivity contribution in [2.24, 2.45) is 0 Å². The topological polar surface area (TPSA) is 26.0 Å². The average molecular weight is 204 g/mol. The Balaban J connectivity index is 2.74. The first-order valence-corrected chi connectivity index (χ1v) is 4.35. The highest BCUT2D eigenvalue weighted by Gasteiger charge is 2.07. The van der Waals surface area contributed by atoms with Crippen LogP contribution in [0, 0.1) is 6.92 Å². The Kier molecular flexibility index (Phi) is 2.49. The summed E-state index contributed by atoms with van der Waals surface area (Å²) in [6.45, 7) is 4.00. The van der Waals surface area contributed by atoms with Gasteiger partial charge in [0.15, 0.2) is 0 Å². The van der Waals surface area contributed by atoms with Crippen LogP contribution in [0.15, 0.2) is 10.6 Å². The predicted molar refractivity (Wildman–Crippen MR) is 43.4 cm³/mol. The van der Waals surface area contributed by atoms with Gasteiger partial charge in [-0.2, -0.15) is 0 Å². The smallest absolute Gasteiger partial charge is 0.133 e. The van der Waals surface area contributed by atoms with Gasteiger partial charge < -0.3 is 4.52 Å². The molecule has 0 aliphatic heterocycles. The van der Waals surface area contributed by atoms with Crippen LogP contribution in [0.3, 0.4) is 0 Å². The van der Waals surface area contributed by atoms with Crippen LogP contribution >= 0.6 is 15.9 Å². The number of hydrogen-bond donors (Lipinski definition) is 0. The summed E-state index contributed by atoms with van der Waals surface area (Å²) in [6.07, 6.45) is 0. The highest BCUT2D eigenvalue weighted by Crippen LogP contribution is 2.16. The van der Waals surface area contributed by atoms with Crippen molar-refractivity contribution < 1.29 is 4.52 Å². The van der Waals surface area contributed by atoms with E-state index in [0.717, 1.165) is 16.8 Å². The Bertz CT molecular complexity index is 209. The van der Waals surface area contributed by atoms with Gasteiger partial charge in [0.25, 0.3) is 0 Å². The minimum atomic E-state index is 0.442. The van der Waals surface area contributed by atoms with Gasteiger partial charge in [0, 0.05) is 17.3 Å². The van der Waals surface area contributed by atoms with E-state index in [2.05, 4.69) is 28.0 Å². The van der Waals surface area contributed by atoms with Crippen molar-refractivity contribution in [2.45, 2.75) is 19.8 Å². The first kappa shape index (κ1) is 7.79. The average Bonchev–Trinajstić information content (AvgIpc) is 2.34. The highest BCUT2D eigenvalue weighted by atomic mass is 79.9. The van der Waals surface area contributed by atoms with Gasteiger partial charge in [0.2, 0.25) is 0 Å². The molecule has 3 heteroatoms. The zero-order valence-electron chi connectivity index (χ0n) is 6.10. The van der Waals surface area contributed by atoms with Crippen LogP contribution in [-0.2, 0) is 0 Å². The normalized spacial score (nSPS) is 13.5. The largest absolute Gasteiger partial charge is 0.361 e. The fraction of sp³-hybridized carbons (Fsp3) is 0.571. The fourth-order valence-corrected chi connectivity index (χ4v) is 1.03. The van der Waals surface area contributed by atoms with Crippen LogP contribution < -0.4 is 0 Å². The molecule has 0 spiro atoms. The van der Waals surface area contributed by atoms with Gasteiger partial charge in [-0.05, 0) is 6.92 Å². The standard InChI is InChI=1S/C7H10BrNO/c1-5(4-8)7-3-6(2)10-9-7/h3,5H,4H2,1-2H3. The number of nitrogens with zero attached hydrogens (tertiary/aromatic N) is 1. The van der Waals surface area contributed by atoms with Crippen molar-refractivity contribution in [3.63, 3.8) is 0 Å². The lowest BCUT2D eigenvalue weighted by molar-refractivity contribution is 0.388. The molecule has 0 saturated carbocycles. The molecular formula is C7H10BrNO. The van der Waals surface area contributed by atoms with Crippen molar-refractivity contribution in [2.75, 3.05) is 5.33 Å². The minimum Gasteiger partial charge on any atom is -0.361 e. The number of hydrogen-bond acceptors (Lipinski definition) is 2. The molecule has 1 atom stereocenters. The van der Waals surface area contributed by atoms with E-state index in [1.807, 2.05) is 13.0 Å². The fourth-order valence-electron chi connectivity index (χ4n) is 0.697. The molecule has 10 heavy (non-hydrogen) atoms. The molecule has 2 nitrogen and oxygen atoms in total. The molecule has 1 aromatic heterocycles. The minimum absolute atomic E-state index is 0.442. The molecule has 0 radical (unpaired) electrons. The van der Waals surface area contributed by atoms with E-state index in [-0.39, 0.29) is 0 Å². The molecule has 0 saturated heterocycles. The van der Waals surface area contributed by atoms with Gasteiger partial charge >= 0.3 is 0 Å². The van der Waals surface area contributed by atoms with Crippen molar-refractivity contribution in [1.29, 1.82) is 0 Å². The van der Waals surface area contributed by atoms with Gasteiger partial charge in [-0.25, -0.2) is 0 Å². The monoisotopic (exact) mass is 203 g/mol. The second-order valence-corrected chi connectivity index (χ2v) is 3.07. The van der Waals surface area contributed by atoms with Crippen LogP contribution in [0.25, 0.3) is 0 Å². The van der Waals surface area contributed by atoms with Crippen LogP contribution in [0.1, 0.15) is 24.3 Å². The summed E-state index contributed by atoms with van der Waals surface area (Å²) in [7, 11) is 0. The first-order valence-electron chi connectivity index (χ1n) is 3.23. The third-order valence-electron chi connectivity index (χ3n) is 1.38. The SMILES string of the molecule is Cc1cc(C(C)CBr)no1. The van der Waals surface area contributed by atoms with Crippen molar-refractivity contribution >= 4 is 15.9 Å². The maximum absolute atomic E-state index is 4.92. The van der Waals surface area contributed by atoms with E-state index < -0.39 is 0 Å². The highest BCUT2D eigenvalue weighted by molar-refractivity contribution is 9.09. The zero-order chi connectivity index (χ0) is 7.56. The summed E-state index contributed by atoms with van der Waals surface area (Å²) >= 11 is 3.38. The summed E-state index contributed by atoms with van der Waals surface area (Å²) in [6, 6.07) is 1.96. The maximum Gasteiger partial charge on any atom is 0.133 e. The van der Waals surface area contributed by atoms with Gasteiger partial charge in [0.1, 0.15) is 5.76 Å². The third kappa shape index (κ3) is 1.59. The molecule has 0 aromatic carbocycles. The Hall–Kier alpha value is -0.310. The first-order chi connectivity index (χ1) is 4.74. The molecule has 1 rings (SSSR count). The van der Waals surface area contributed by atoms with Crippen LogP contribution in [0.5, 0.6) is 0 Å². The van der Waals surface area contributed by atoms with Crippen molar-refractivity contribution in [3.8, 4) is 0 Å². The Labute approximate surface area is 68.7 Å². The predicted octanol–water partition coefficient (Wildman–Crippen LogP) is 2.48. The van der Waals surface area contributed by atoms with E-state index >= 15 is 0 Å². The van der Waals surface area contributed by atoms with E-state index in [0.29, 0.717) is 5.92 Å². The molecule has 0 aliphatic rings. The third-order valence-corrected chi connectivity index (χ3v) is 2.35. The van der Waals surface area contributed by atoms with E-state index in [1.165, 1.54) is 0 Å². The lowest BCUT2D eigenvalue weighted by atomic mass is 10.1. The maximum atomic E-state index is 4.92. The molecule has 1 unspecified atom stereocenters. The summed E-state index contributed by atoms with van der Waals surface area (Å²) in [5.74, 6) is 1.32. The number of halogens is 1. The van der Waals surface area contributed by atoms with Gasteiger partial charge in [-0.15, -0.1) is 0 Å². The number of aryl methyl sites for hydroxylation is 1. The molecule has 0 bridgehead atoms. The second kappa shape index (κ2) is 3.19. The number of alkyl halides is 1. The lowest BCUT2D eigenvalue weighted by Gasteiger charge is -1.98. The summed E-state index contributed by atoms with van der Waals surface area (Å²) < 4.78 is 4.92. The zero-order valence-corrected chi connectivity index (χ0v) is 7.68. The van der Waals surface area contributed by atoms with Crippen molar-refractivity contribution in [3.05, 3.63) is 17.5 Å². The van der Waals surface area contributed by atoms with E-state index in [9.17, 15) is 0 Å². The summed E-state index contributed by atoms with van der Waals surface area (Å²) in [4.78, 5) is 0. The Morgan fingerprint density at radius 1 is 1.80 bits per heavy atom. The number of aromatic nitrogens is 1. The molecular weight excluding hydrogens is 194 g/mol. The number of rotatable bonds is 2. The van der Waals surface area contributed by atoms with E-state index in [1.54, 1.807) is 0 Å². The molecule has 0 amide bonds. The van der Waals surface area contributed by atoms with E-state index in [4.69, 9.17) is 4.52 Å². The molecule has 0 aliphatic carbocycles. The van der Waals surface area contributed by atoms with Gasteiger partial charge in [0.05, 0.1) is 5.69 Å². The lowest BCUT2D eigenvalue weighted by Crippen LogP contribution is -1.93. The van der Waals surface area contributed by atoms with Crippen LogP contribution in [0.2, 0.25) is 0 Å². The van der Waals surface area contributed by atoms with Crippen LogP contribution in [0.4, 0.5) is 0 Å². The molecule has 1 aromatic rings. The van der Waals surface area contributed by atoms with Crippen molar-refractivity contribution in [1.82, 2.24) is 5.16 Å².